The predicted molar refractivity (Wildman–Crippen MR) is 59.4 cm³/mol. The molecule has 0 amide bonds. The highest BCUT2D eigenvalue weighted by Gasteiger charge is 2.27. The van der Waals surface area contributed by atoms with Crippen LogP contribution in [0.1, 0.15) is 58.3 Å². The van der Waals surface area contributed by atoms with Crippen molar-refractivity contribution in [2.45, 2.75) is 61.7 Å². The van der Waals surface area contributed by atoms with E-state index in [-0.39, 0.29) is 0 Å². The highest BCUT2D eigenvalue weighted by molar-refractivity contribution is 14.1. The fraction of sp³-hybridized carbons (Fsp3) is 1.00. The Bertz CT molecular complexity index is 103. The van der Waals surface area contributed by atoms with E-state index < -0.39 is 0 Å². The van der Waals surface area contributed by atoms with Gasteiger partial charge in [0.25, 0.3) is 0 Å². The molecule has 0 aromatic rings. The van der Waals surface area contributed by atoms with Crippen molar-refractivity contribution in [3.05, 3.63) is 0 Å². The van der Waals surface area contributed by atoms with Gasteiger partial charge < -0.3 is 0 Å². The van der Waals surface area contributed by atoms with E-state index in [2.05, 4.69) is 29.5 Å². The molecule has 0 saturated heterocycles. The molecule has 0 unspecified atom stereocenters. The van der Waals surface area contributed by atoms with Gasteiger partial charge in [-0.05, 0) is 19.3 Å². The van der Waals surface area contributed by atoms with Crippen molar-refractivity contribution in [3.8, 4) is 0 Å². The van der Waals surface area contributed by atoms with Gasteiger partial charge in [-0.25, -0.2) is 0 Å². The molecule has 1 aliphatic carbocycles. The molecular formula is C10H19I. The summed E-state index contributed by atoms with van der Waals surface area (Å²) >= 11 is 2.71. The summed E-state index contributed by atoms with van der Waals surface area (Å²) in [6.45, 7) is 2.29. The predicted octanol–water partition coefficient (Wildman–Crippen LogP) is 4.31. The van der Waals surface area contributed by atoms with Gasteiger partial charge in [0.15, 0.2) is 0 Å². The van der Waals surface area contributed by atoms with Crippen LogP contribution >= 0.6 is 22.6 Å². The minimum atomic E-state index is 0.700. The zero-order chi connectivity index (χ0) is 8.16. The lowest BCUT2D eigenvalue weighted by atomic mass is 9.86. The van der Waals surface area contributed by atoms with E-state index >= 15 is 0 Å². The third-order valence-electron chi connectivity index (χ3n) is 2.73. The maximum Gasteiger partial charge on any atom is 0.0222 e. The Balaban J connectivity index is 2.25. The molecule has 1 aliphatic rings. The molecule has 0 spiro atoms. The van der Waals surface area contributed by atoms with Gasteiger partial charge in [0.1, 0.15) is 0 Å². The topological polar surface area (TPSA) is 0 Å². The molecule has 0 bridgehead atoms. The molecule has 1 saturated carbocycles. The Morgan fingerprint density at radius 1 is 1.18 bits per heavy atom. The molecule has 0 aliphatic heterocycles. The molecule has 0 nitrogen and oxygen atoms in total. The van der Waals surface area contributed by atoms with Crippen LogP contribution in [0.2, 0.25) is 0 Å². The summed E-state index contributed by atoms with van der Waals surface area (Å²) in [4.78, 5) is 0. The van der Waals surface area contributed by atoms with Gasteiger partial charge in [0.05, 0.1) is 0 Å². The van der Waals surface area contributed by atoms with Crippen molar-refractivity contribution < 1.29 is 0 Å². The number of halogens is 1. The van der Waals surface area contributed by atoms with Gasteiger partial charge >= 0.3 is 0 Å². The van der Waals surface area contributed by atoms with Crippen LogP contribution in [-0.4, -0.2) is 3.42 Å². The number of alkyl halides is 1. The van der Waals surface area contributed by atoms with E-state index in [1.54, 1.807) is 0 Å². The van der Waals surface area contributed by atoms with Crippen LogP contribution in [0.5, 0.6) is 0 Å². The van der Waals surface area contributed by atoms with E-state index in [9.17, 15) is 0 Å². The highest BCUT2D eigenvalue weighted by Crippen LogP contribution is 2.40. The Morgan fingerprint density at radius 3 is 2.36 bits per heavy atom. The number of unbranched alkanes of at least 4 members (excludes halogenated alkanes) is 1. The second-order valence-electron chi connectivity index (χ2n) is 3.82. The van der Waals surface area contributed by atoms with Crippen LogP contribution in [0.25, 0.3) is 0 Å². The zero-order valence-electron chi connectivity index (χ0n) is 7.53. The SMILES string of the molecule is CCCCC1(I)CCCCC1. The molecule has 66 valence electrons. The fourth-order valence-electron chi connectivity index (χ4n) is 1.93. The molecule has 1 heteroatoms. The lowest BCUT2D eigenvalue weighted by Gasteiger charge is -2.31. The first-order valence-corrected chi connectivity index (χ1v) is 6.04. The highest BCUT2D eigenvalue weighted by atomic mass is 127. The smallest absolute Gasteiger partial charge is 0.0222 e. The molecule has 0 radical (unpaired) electrons. The van der Waals surface area contributed by atoms with Crippen LogP contribution in [0, 0.1) is 0 Å². The summed E-state index contributed by atoms with van der Waals surface area (Å²) in [6.07, 6.45) is 11.7. The van der Waals surface area contributed by atoms with Crippen LogP contribution in [-0.2, 0) is 0 Å². The minimum Gasteiger partial charge on any atom is -0.0789 e. The molecular weight excluding hydrogens is 247 g/mol. The van der Waals surface area contributed by atoms with Crippen molar-refractivity contribution in [1.29, 1.82) is 0 Å². The van der Waals surface area contributed by atoms with E-state index in [0.717, 1.165) is 0 Å². The lowest BCUT2D eigenvalue weighted by Crippen LogP contribution is -2.23. The van der Waals surface area contributed by atoms with Gasteiger partial charge in [0.2, 0.25) is 0 Å². The normalized spacial score (nSPS) is 23.5. The molecule has 0 heterocycles. The van der Waals surface area contributed by atoms with Crippen molar-refractivity contribution in [2.24, 2.45) is 0 Å². The second kappa shape index (κ2) is 4.68. The average Bonchev–Trinajstić information content (AvgIpc) is 2.03. The quantitative estimate of drug-likeness (QED) is 0.527. The molecule has 11 heavy (non-hydrogen) atoms. The summed E-state index contributed by atoms with van der Waals surface area (Å²) in [5, 5.41) is 0. The largest absolute Gasteiger partial charge is 0.0789 e. The summed E-state index contributed by atoms with van der Waals surface area (Å²) in [7, 11) is 0. The fourth-order valence-corrected chi connectivity index (χ4v) is 3.07. The van der Waals surface area contributed by atoms with Crippen molar-refractivity contribution in [1.82, 2.24) is 0 Å². The van der Waals surface area contributed by atoms with E-state index in [1.165, 1.54) is 51.4 Å². The summed E-state index contributed by atoms with van der Waals surface area (Å²) in [5.74, 6) is 0. The van der Waals surface area contributed by atoms with E-state index in [0.29, 0.717) is 3.42 Å². The molecule has 1 rings (SSSR count). The molecule has 0 N–H and O–H groups in total. The van der Waals surface area contributed by atoms with E-state index in [1.807, 2.05) is 0 Å². The van der Waals surface area contributed by atoms with Crippen molar-refractivity contribution in [3.63, 3.8) is 0 Å². The lowest BCUT2D eigenvalue weighted by molar-refractivity contribution is 0.388. The summed E-state index contributed by atoms with van der Waals surface area (Å²) < 4.78 is 0.700. The Hall–Kier alpha value is 0.730. The summed E-state index contributed by atoms with van der Waals surface area (Å²) in [5.41, 5.74) is 0. The minimum absolute atomic E-state index is 0.700. The second-order valence-corrected chi connectivity index (χ2v) is 6.10. The van der Waals surface area contributed by atoms with Gasteiger partial charge in [-0.15, -0.1) is 0 Å². The zero-order valence-corrected chi connectivity index (χ0v) is 9.69. The van der Waals surface area contributed by atoms with Crippen LogP contribution in [0.15, 0.2) is 0 Å². The molecule has 0 aromatic heterocycles. The van der Waals surface area contributed by atoms with Crippen LogP contribution in [0.4, 0.5) is 0 Å². The van der Waals surface area contributed by atoms with Crippen LogP contribution < -0.4 is 0 Å². The van der Waals surface area contributed by atoms with Crippen molar-refractivity contribution >= 4 is 22.6 Å². The van der Waals surface area contributed by atoms with Gasteiger partial charge in [-0.2, -0.15) is 0 Å². The maximum atomic E-state index is 2.71. The first-order chi connectivity index (χ1) is 5.27. The van der Waals surface area contributed by atoms with Gasteiger partial charge in [-0.3, -0.25) is 0 Å². The van der Waals surface area contributed by atoms with E-state index in [4.69, 9.17) is 0 Å². The van der Waals surface area contributed by atoms with Crippen molar-refractivity contribution in [2.75, 3.05) is 0 Å². The number of hydrogen-bond acceptors (Lipinski definition) is 0. The Morgan fingerprint density at radius 2 is 1.82 bits per heavy atom. The number of hydrogen-bond donors (Lipinski definition) is 0. The summed E-state index contributed by atoms with van der Waals surface area (Å²) in [6, 6.07) is 0. The molecule has 1 fully saturated rings. The number of rotatable bonds is 3. The maximum absolute atomic E-state index is 2.71. The first kappa shape index (κ1) is 9.82. The third kappa shape index (κ3) is 3.30. The average molecular weight is 266 g/mol. The van der Waals surface area contributed by atoms with Gasteiger partial charge in [-0.1, -0.05) is 61.6 Å². The molecule has 0 atom stereocenters. The Kier molecular flexibility index (Phi) is 4.18. The Labute approximate surface area is 84.3 Å². The van der Waals surface area contributed by atoms with Gasteiger partial charge in [0, 0.05) is 3.42 Å². The third-order valence-corrected chi connectivity index (χ3v) is 4.35. The van der Waals surface area contributed by atoms with Crippen LogP contribution in [0.3, 0.4) is 0 Å². The monoisotopic (exact) mass is 266 g/mol. The first-order valence-electron chi connectivity index (χ1n) is 4.96. The molecule has 0 aromatic carbocycles. The standard InChI is InChI=1S/C10H19I/c1-2-3-7-10(11)8-5-4-6-9-10/h2-9H2,1H3.